The molecular weight excluding hydrogens is 373 g/mol. The molecule has 0 unspecified atom stereocenters. The van der Waals surface area contributed by atoms with Crippen LogP contribution in [0, 0.1) is 37.0 Å². The summed E-state index contributed by atoms with van der Waals surface area (Å²) >= 11 is 1.19. The molecule has 0 aromatic rings. The zero-order valence-electron chi connectivity index (χ0n) is 13.8. The van der Waals surface area contributed by atoms with Crippen LogP contribution in [0.3, 0.4) is 0 Å². The second-order valence-corrected chi connectivity index (χ2v) is 7.68. The van der Waals surface area contributed by atoms with E-state index in [0.717, 1.165) is 0 Å². The SMILES string of the molecule is [CH2-]C(C)(C)C.[CH2-]C(C)(C)C.[CH2-]C(C)(C)C.[CH2]=[Ta]. The van der Waals surface area contributed by atoms with Gasteiger partial charge in [0.15, 0.2) is 0 Å². The van der Waals surface area contributed by atoms with Crippen LogP contribution < -0.4 is 0 Å². The predicted octanol–water partition coefficient (Wildman–Crippen LogP) is 5.56. The Morgan fingerprint density at radius 2 is 0.529 bits per heavy atom. The molecule has 0 nitrogen and oxygen atoms in total. The maximum atomic E-state index is 3.77. The fourth-order valence-electron chi connectivity index (χ4n) is 0. The third kappa shape index (κ3) is 9520. The van der Waals surface area contributed by atoms with E-state index in [2.05, 4.69) is 87.8 Å². The molecule has 0 aromatic heterocycles. The number of hydrogen-bond acceptors (Lipinski definition) is 0. The van der Waals surface area contributed by atoms with Gasteiger partial charge in [-0.2, -0.15) is 16.2 Å². The summed E-state index contributed by atoms with van der Waals surface area (Å²) in [7, 11) is 0. The summed E-state index contributed by atoms with van der Waals surface area (Å²) in [6.45, 7) is 30.0. The number of rotatable bonds is 0. The first-order valence-electron chi connectivity index (χ1n) is 5.88. The second-order valence-electron chi connectivity index (χ2n) is 7.68. The van der Waals surface area contributed by atoms with E-state index in [4.69, 9.17) is 0 Å². The second kappa shape index (κ2) is 11.7. The maximum absolute atomic E-state index is 3.77. The Kier molecular flexibility index (Phi) is 18.0. The Hall–Kier alpha value is 0.610. The molecule has 0 saturated carbocycles. The molecule has 0 saturated heterocycles. The molecular formula is C16H35Ta-3. The number of hydrogen-bond donors (Lipinski definition) is 0. The molecule has 0 aromatic carbocycles. The summed E-state index contributed by atoms with van der Waals surface area (Å²) in [5, 5.41) is 0. The van der Waals surface area contributed by atoms with E-state index in [0.29, 0.717) is 0 Å². The third-order valence-corrected chi connectivity index (χ3v) is 0. The molecule has 1 heteroatoms. The summed E-state index contributed by atoms with van der Waals surface area (Å²) in [5.41, 5.74) is 0.750. The van der Waals surface area contributed by atoms with Gasteiger partial charge >= 0.3 is 25.3 Å². The molecule has 0 aliphatic rings. The summed E-state index contributed by atoms with van der Waals surface area (Å²) in [6.07, 6.45) is 0. The molecule has 0 radical (unpaired) electrons. The van der Waals surface area contributed by atoms with Gasteiger partial charge in [-0.05, 0) is 0 Å². The van der Waals surface area contributed by atoms with Gasteiger partial charge in [-0.25, -0.2) is 0 Å². The van der Waals surface area contributed by atoms with Crippen LogP contribution >= 0.6 is 0 Å². The molecule has 0 heterocycles. The van der Waals surface area contributed by atoms with Gasteiger partial charge < -0.3 is 20.8 Å². The van der Waals surface area contributed by atoms with Crippen molar-refractivity contribution >= 4 is 4.73 Å². The van der Waals surface area contributed by atoms with Crippen LogP contribution in [-0.4, -0.2) is 4.73 Å². The topological polar surface area (TPSA) is 0 Å². The van der Waals surface area contributed by atoms with Crippen LogP contribution in [0.1, 0.15) is 62.3 Å². The van der Waals surface area contributed by atoms with Crippen molar-refractivity contribution in [2.24, 2.45) is 16.2 Å². The van der Waals surface area contributed by atoms with Crippen LogP contribution in [-0.2, 0) is 20.6 Å². The molecule has 0 bridgehead atoms. The summed E-state index contributed by atoms with van der Waals surface area (Å²) in [5.74, 6) is 0. The van der Waals surface area contributed by atoms with Crippen molar-refractivity contribution in [3.05, 3.63) is 20.8 Å². The van der Waals surface area contributed by atoms with Gasteiger partial charge in [-0.1, -0.05) is 62.3 Å². The molecule has 107 valence electrons. The molecule has 17 heavy (non-hydrogen) atoms. The fraction of sp³-hybridized carbons (Fsp3) is 0.750. The monoisotopic (exact) mass is 408 g/mol. The molecule has 0 rings (SSSR count). The van der Waals surface area contributed by atoms with Crippen LogP contribution in [0.4, 0.5) is 0 Å². The van der Waals surface area contributed by atoms with Crippen LogP contribution in [0.15, 0.2) is 0 Å². The van der Waals surface area contributed by atoms with Gasteiger partial charge in [0.05, 0.1) is 0 Å². The van der Waals surface area contributed by atoms with Crippen LogP contribution in [0.2, 0.25) is 0 Å². The van der Waals surface area contributed by atoms with Gasteiger partial charge in [0.2, 0.25) is 0 Å². The van der Waals surface area contributed by atoms with E-state index in [1.165, 1.54) is 20.6 Å². The summed E-state index contributed by atoms with van der Waals surface area (Å²) in [4.78, 5) is 0. The first-order chi connectivity index (χ1) is 7.00. The van der Waals surface area contributed by atoms with Crippen molar-refractivity contribution in [3.8, 4) is 0 Å². The van der Waals surface area contributed by atoms with E-state index in [1.54, 1.807) is 0 Å². The molecule has 0 spiro atoms. The summed E-state index contributed by atoms with van der Waals surface area (Å²) < 4.78 is 3.36. The first-order valence-corrected chi connectivity index (χ1v) is 8.15. The van der Waals surface area contributed by atoms with Gasteiger partial charge in [0.25, 0.3) is 0 Å². The zero-order chi connectivity index (χ0) is 15.5. The first kappa shape index (κ1) is 26.2. The Morgan fingerprint density at radius 3 is 0.529 bits per heavy atom. The van der Waals surface area contributed by atoms with Gasteiger partial charge in [-0.15, -0.1) is 0 Å². The zero-order valence-corrected chi connectivity index (χ0v) is 17.0. The molecule has 0 amide bonds. The summed E-state index contributed by atoms with van der Waals surface area (Å²) in [6, 6.07) is 0. The Bertz CT molecular complexity index is 91.8. The normalized spacial score (nSPS) is 10.8. The standard InChI is InChI=1S/3C5H11.CH2.Ta/c3*1-5(2,3)4;;/h3*1H2,2-4H3;1H2;/q3*-1;;. The van der Waals surface area contributed by atoms with Crippen LogP contribution in [0.5, 0.6) is 0 Å². The van der Waals surface area contributed by atoms with E-state index in [-0.39, 0.29) is 16.2 Å². The van der Waals surface area contributed by atoms with E-state index in [1.807, 2.05) is 0 Å². The molecule has 0 N–H and O–H groups in total. The molecule has 0 fully saturated rings. The average Bonchev–Trinajstić information content (AvgIpc) is 1.77. The predicted molar refractivity (Wildman–Crippen MR) is 81.6 cm³/mol. The van der Waals surface area contributed by atoms with Crippen molar-refractivity contribution < 1.29 is 20.6 Å². The third-order valence-electron chi connectivity index (χ3n) is 0. The fourth-order valence-corrected chi connectivity index (χ4v) is 0. The van der Waals surface area contributed by atoms with Gasteiger partial charge in [0.1, 0.15) is 0 Å². The molecule has 0 aliphatic heterocycles. The minimum absolute atomic E-state index is 0.250. The average molecular weight is 408 g/mol. The van der Waals surface area contributed by atoms with E-state index >= 15 is 0 Å². The Labute approximate surface area is 124 Å². The Balaban J connectivity index is -0.0000000693. The minimum atomic E-state index is 0.250. The van der Waals surface area contributed by atoms with Gasteiger partial charge in [0, 0.05) is 0 Å². The van der Waals surface area contributed by atoms with Crippen molar-refractivity contribution in [3.63, 3.8) is 0 Å². The molecule has 0 atom stereocenters. The van der Waals surface area contributed by atoms with E-state index < -0.39 is 0 Å². The van der Waals surface area contributed by atoms with Crippen molar-refractivity contribution in [2.75, 3.05) is 0 Å². The quantitative estimate of drug-likeness (QED) is 0.460. The van der Waals surface area contributed by atoms with Gasteiger partial charge in [-0.3, -0.25) is 0 Å². The Morgan fingerprint density at radius 1 is 0.529 bits per heavy atom. The van der Waals surface area contributed by atoms with Crippen LogP contribution in [0.25, 0.3) is 0 Å². The van der Waals surface area contributed by atoms with Crippen molar-refractivity contribution in [1.29, 1.82) is 0 Å². The molecule has 0 aliphatic carbocycles. The van der Waals surface area contributed by atoms with E-state index in [9.17, 15) is 0 Å². The van der Waals surface area contributed by atoms with Crippen molar-refractivity contribution in [2.45, 2.75) is 62.3 Å². The van der Waals surface area contributed by atoms with Crippen molar-refractivity contribution in [1.82, 2.24) is 0 Å².